The highest BCUT2D eigenvalue weighted by molar-refractivity contribution is 5.63. The number of anilines is 1. The monoisotopic (exact) mass is 340 g/mol. The maximum absolute atomic E-state index is 9.51. The summed E-state index contributed by atoms with van der Waals surface area (Å²) in [6.07, 6.45) is 4.58. The fraction of sp³-hybridized carbons (Fsp3) is 0.529. The number of hydrogen-bond donors (Lipinski definition) is 0. The van der Waals surface area contributed by atoms with Gasteiger partial charge in [-0.1, -0.05) is 0 Å². The Morgan fingerprint density at radius 1 is 1.32 bits per heavy atom. The van der Waals surface area contributed by atoms with Crippen molar-refractivity contribution in [2.24, 2.45) is 0 Å². The average molecular weight is 340 g/mol. The van der Waals surface area contributed by atoms with Gasteiger partial charge in [-0.2, -0.15) is 5.26 Å². The van der Waals surface area contributed by atoms with Crippen molar-refractivity contribution in [1.82, 2.24) is 19.7 Å². The number of methoxy groups -OCH3 is 1. The first-order valence-electron chi connectivity index (χ1n) is 8.53. The number of rotatable bonds is 3. The molecule has 0 saturated carbocycles. The van der Waals surface area contributed by atoms with Crippen LogP contribution in [0.3, 0.4) is 0 Å². The van der Waals surface area contributed by atoms with Crippen molar-refractivity contribution < 1.29 is 9.47 Å². The number of pyridine rings is 1. The van der Waals surface area contributed by atoms with E-state index in [2.05, 4.69) is 30.7 Å². The van der Waals surface area contributed by atoms with Crippen LogP contribution in [0.4, 0.5) is 5.69 Å². The number of nitrogens with zero attached hydrogens (tertiary/aromatic N) is 6. The molecule has 1 saturated heterocycles. The Bertz CT molecular complexity index is 806. The Labute approximate surface area is 146 Å². The van der Waals surface area contributed by atoms with Crippen LogP contribution in [0.15, 0.2) is 12.3 Å². The van der Waals surface area contributed by atoms with Crippen LogP contribution < -0.4 is 9.64 Å². The van der Waals surface area contributed by atoms with Crippen LogP contribution in [-0.2, 0) is 17.7 Å². The van der Waals surface area contributed by atoms with Crippen LogP contribution >= 0.6 is 0 Å². The Morgan fingerprint density at radius 2 is 2.24 bits per heavy atom. The molecule has 0 bridgehead atoms. The number of aromatic nitrogens is 4. The van der Waals surface area contributed by atoms with E-state index in [0.717, 1.165) is 62.8 Å². The summed E-state index contributed by atoms with van der Waals surface area (Å²) in [4.78, 5) is 6.32. The zero-order chi connectivity index (χ0) is 17.2. The van der Waals surface area contributed by atoms with Gasteiger partial charge in [0.25, 0.3) is 0 Å². The molecule has 25 heavy (non-hydrogen) atoms. The summed E-state index contributed by atoms with van der Waals surface area (Å²) in [5.74, 6) is 2.28. The van der Waals surface area contributed by atoms with Crippen molar-refractivity contribution >= 4 is 5.69 Å². The molecule has 2 aromatic rings. The topological polar surface area (TPSA) is 89.1 Å². The van der Waals surface area contributed by atoms with Gasteiger partial charge in [0.05, 0.1) is 12.8 Å². The maximum atomic E-state index is 9.51. The molecule has 1 atom stereocenters. The lowest BCUT2D eigenvalue weighted by Crippen LogP contribution is -2.28. The second-order valence-electron chi connectivity index (χ2n) is 6.19. The van der Waals surface area contributed by atoms with E-state index in [1.54, 1.807) is 6.20 Å². The Kier molecular flexibility index (Phi) is 4.24. The first-order chi connectivity index (χ1) is 12.3. The molecule has 0 unspecified atom stereocenters. The third-order valence-electron chi connectivity index (χ3n) is 4.81. The van der Waals surface area contributed by atoms with Gasteiger partial charge >= 0.3 is 0 Å². The molecule has 4 rings (SSSR count). The molecule has 8 heteroatoms. The molecule has 8 nitrogen and oxygen atoms in total. The molecule has 2 aliphatic heterocycles. The highest BCUT2D eigenvalue weighted by atomic mass is 16.5. The van der Waals surface area contributed by atoms with E-state index in [0.29, 0.717) is 11.4 Å². The molecule has 0 radical (unpaired) electrons. The van der Waals surface area contributed by atoms with Crippen LogP contribution in [0.5, 0.6) is 5.88 Å². The Morgan fingerprint density at radius 3 is 3.00 bits per heavy atom. The van der Waals surface area contributed by atoms with Crippen LogP contribution in [0, 0.1) is 11.3 Å². The SMILES string of the molecule is COc1nccc(N2CCc3nnc([C@@H]4CCCO4)n3CC2)c1C#N. The number of nitriles is 1. The molecule has 0 amide bonds. The highest BCUT2D eigenvalue weighted by Gasteiger charge is 2.27. The average Bonchev–Trinajstić information content (AvgIpc) is 3.26. The van der Waals surface area contributed by atoms with E-state index in [4.69, 9.17) is 9.47 Å². The zero-order valence-electron chi connectivity index (χ0n) is 14.2. The van der Waals surface area contributed by atoms with Crippen LogP contribution in [0.2, 0.25) is 0 Å². The van der Waals surface area contributed by atoms with Gasteiger partial charge in [0.15, 0.2) is 5.82 Å². The maximum Gasteiger partial charge on any atom is 0.233 e. The van der Waals surface area contributed by atoms with E-state index < -0.39 is 0 Å². The molecule has 1 fully saturated rings. The van der Waals surface area contributed by atoms with E-state index in [1.807, 2.05) is 6.07 Å². The molecule has 0 N–H and O–H groups in total. The molecular formula is C17H20N6O2. The first-order valence-corrected chi connectivity index (χ1v) is 8.53. The van der Waals surface area contributed by atoms with Gasteiger partial charge in [0, 0.05) is 38.9 Å². The van der Waals surface area contributed by atoms with Crippen molar-refractivity contribution in [3.8, 4) is 11.9 Å². The predicted octanol–water partition coefficient (Wildman–Crippen LogP) is 1.47. The third-order valence-corrected chi connectivity index (χ3v) is 4.81. The summed E-state index contributed by atoms with van der Waals surface area (Å²) in [5, 5.41) is 18.2. The van der Waals surface area contributed by atoms with Gasteiger partial charge in [0.2, 0.25) is 5.88 Å². The predicted molar refractivity (Wildman–Crippen MR) is 89.4 cm³/mol. The number of hydrogen-bond acceptors (Lipinski definition) is 7. The van der Waals surface area contributed by atoms with Crippen molar-refractivity contribution in [2.75, 3.05) is 31.7 Å². The van der Waals surface area contributed by atoms with Gasteiger partial charge in [-0.3, -0.25) is 0 Å². The summed E-state index contributed by atoms with van der Waals surface area (Å²) in [7, 11) is 1.53. The fourth-order valence-corrected chi connectivity index (χ4v) is 3.56. The lowest BCUT2D eigenvalue weighted by molar-refractivity contribution is 0.101. The molecule has 2 aliphatic rings. The molecular weight excluding hydrogens is 320 g/mol. The van der Waals surface area contributed by atoms with Gasteiger partial charge in [0.1, 0.15) is 23.6 Å². The summed E-state index contributed by atoms with van der Waals surface area (Å²) in [5.41, 5.74) is 1.33. The summed E-state index contributed by atoms with van der Waals surface area (Å²) in [6.45, 7) is 3.10. The molecule has 4 heterocycles. The molecule has 0 spiro atoms. The van der Waals surface area contributed by atoms with Gasteiger partial charge in [-0.15, -0.1) is 10.2 Å². The number of fused-ring (bicyclic) bond motifs is 1. The second-order valence-corrected chi connectivity index (χ2v) is 6.19. The van der Waals surface area contributed by atoms with Crippen LogP contribution in [0.1, 0.15) is 36.2 Å². The molecule has 0 aromatic carbocycles. The smallest absolute Gasteiger partial charge is 0.233 e. The minimum atomic E-state index is 0.0588. The minimum absolute atomic E-state index is 0.0588. The van der Waals surface area contributed by atoms with Crippen molar-refractivity contribution in [3.05, 3.63) is 29.5 Å². The fourth-order valence-electron chi connectivity index (χ4n) is 3.56. The zero-order valence-corrected chi connectivity index (χ0v) is 14.2. The van der Waals surface area contributed by atoms with Crippen molar-refractivity contribution in [2.45, 2.75) is 31.9 Å². The third kappa shape index (κ3) is 2.81. The lowest BCUT2D eigenvalue weighted by atomic mass is 10.2. The van der Waals surface area contributed by atoms with E-state index in [1.165, 1.54) is 7.11 Å². The van der Waals surface area contributed by atoms with E-state index in [9.17, 15) is 5.26 Å². The quantitative estimate of drug-likeness (QED) is 0.836. The van der Waals surface area contributed by atoms with Crippen LogP contribution in [-0.4, -0.2) is 46.6 Å². The number of ether oxygens (including phenoxy) is 2. The minimum Gasteiger partial charge on any atom is -0.480 e. The van der Waals surface area contributed by atoms with Gasteiger partial charge in [-0.25, -0.2) is 4.98 Å². The lowest BCUT2D eigenvalue weighted by Gasteiger charge is -2.24. The van der Waals surface area contributed by atoms with E-state index >= 15 is 0 Å². The van der Waals surface area contributed by atoms with Gasteiger partial charge < -0.3 is 18.9 Å². The summed E-state index contributed by atoms with van der Waals surface area (Å²) < 4.78 is 13.2. The Hall–Kier alpha value is -2.66. The van der Waals surface area contributed by atoms with Crippen molar-refractivity contribution in [3.63, 3.8) is 0 Å². The van der Waals surface area contributed by atoms with Crippen molar-refractivity contribution in [1.29, 1.82) is 5.26 Å². The van der Waals surface area contributed by atoms with E-state index in [-0.39, 0.29) is 6.10 Å². The second kappa shape index (κ2) is 6.69. The van der Waals surface area contributed by atoms with Gasteiger partial charge in [-0.05, 0) is 18.9 Å². The highest BCUT2D eigenvalue weighted by Crippen LogP contribution is 2.30. The molecule has 130 valence electrons. The Balaban J connectivity index is 1.60. The summed E-state index contributed by atoms with van der Waals surface area (Å²) >= 11 is 0. The molecule has 0 aliphatic carbocycles. The first kappa shape index (κ1) is 15.8. The normalized spacial score (nSPS) is 20.0. The molecule has 2 aromatic heterocycles. The largest absolute Gasteiger partial charge is 0.480 e. The standard InChI is InChI=1S/C17H20N6O2/c1-24-17-12(11-18)13(4-6-19-17)22-7-5-15-20-21-16(23(15)9-8-22)14-3-2-10-25-14/h4,6,14H,2-3,5,7-10H2,1H3/t14-/m0/s1. The van der Waals surface area contributed by atoms with Crippen LogP contribution in [0.25, 0.3) is 0 Å². The summed E-state index contributed by atoms with van der Waals surface area (Å²) in [6, 6.07) is 4.09.